The first-order valence-corrected chi connectivity index (χ1v) is 4.86. The van der Waals surface area contributed by atoms with Gasteiger partial charge in [-0.1, -0.05) is 0 Å². The molecule has 15 heavy (non-hydrogen) atoms. The first kappa shape index (κ1) is 10.5. The molecule has 0 aromatic carbocycles. The molecule has 2 atom stereocenters. The number of alkyl halides is 3. The van der Waals surface area contributed by atoms with Crippen molar-refractivity contribution in [2.24, 2.45) is 0 Å². The van der Waals surface area contributed by atoms with E-state index in [0.29, 0.717) is 13.0 Å². The molecule has 0 bridgehead atoms. The zero-order valence-corrected chi connectivity index (χ0v) is 8.04. The average Bonchev–Trinajstić information content (AvgIpc) is 2.69. The Hall–Kier alpha value is -1.04. The van der Waals surface area contributed by atoms with Crippen molar-refractivity contribution in [2.75, 3.05) is 6.54 Å². The van der Waals surface area contributed by atoms with Gasteiger partial charge >= 0.3 is 6.18 Å². The van der Waals surface area contributed by atoms with Crippen molar-refractivity contribution < 1.29 is 13.2 Å². The molecule has 0 unspecified atom stereocenters. The first-order chi connectivity index (χ1) is 7.07. The lowest BCUT2D eigenvalue weighted by molar-refractivity contribution is -0.163. The molecule has 84 valence electrons. The van der Waals surface area contributed by atoms with Gasteiger partial charge in [-0.05, 0) is 25.5 Å². The quantitative estimate of drug-likeness (QED) is 0.779. The smallest absolute Gasteiger partial charge is 0.306 e. The third-order valence-electron chi connectivity index (χ3n) is 2.67. The van der Waals surface area contributed by atoms with Gasteiger partial charge < -0.3 is 5.32 Å². The average molecular weight is 219 g/mol. The summed E-state index contributed by atoms with van der Waals surface area (Å²) in [6.07, 6.45) is -0.112. The zero-order chi connectivity index (χ0) is 10.9. The van der Waals surface area contributed by atoms with Crippen molar-refractivity contribution in [2.45, 2.75) is 31.1 Å². The molecular formula is C9H12F3N3. The fraction of sp³-hybridized carbons (Fsp3) is 0.667. The molecule has 2 heterocycles. The fourth-order valence-electron chi connectivity index (χ4n) is 1.88. The summed E-state index contributed by atoms with van der Waals surface area (Å²) in [6, 6.07) is 0.179. The predicted octanol–water partition coefficient (Wildman–Crippen LogP) is 1.74. The van der Waals surface area contributed by atoms with Crippen molar-refractivity contribution >= 4 is 0 Å². The number of hydrogen-bond acceptors (Lipinski definition) is 2. The highest BCUT2D eigenvalue weighted by atomic mass is 19.4. The van der Waals surface area contributed by atoms with Crippen LogP contribution in [0.4, 0.5) is 13.2 Å². The van der Waals surface area contributed by atoms with E-state index >= 15 is 0 Å². The Labute approximate surface area is 85.3 Å². The number of aromatic nitrogens is 2. The Balaban J connectivity index is 2.05. The highest BCUT2D eigenvalue weighted by Gasteiger charge is 2.42. The van der Waals surface area contributed by atoms with E-state index in [-0.39, 0.29) is 12.5 Å². The van der Waals surface area contributed by atoms with Gasteiger partial charge in [-0.3, -0.25) is 4.68 Å². The molecule has 1 fully saturated rings. The molecule has 0 aliphatic carbocycles. The normalized spacial score (nSPS) is 27.9. The minimum Gasteiger partial charge on any atom is -0.306 e. The highest BCUT2D eigenvalue weighted by molar-refractivity contribution is 4.89. The van der Waals surface area contributed by atoms with Crippen molar-refractivity contribution in [3.63, 3.8) is 0 Å². The minimum absolute atomic E-state index is 0.0607. The standard InChI is InChI=1S/C9H12F3N3/c10-9(11,12)8-6-7(2-4-13-8)15-5-1-3-14-15/h1,3,5,7-8,13H,2,4,6H2/t7-,8+/m0/s1. The van der Waals surface area contributed by atoms with Gasteiger partial charge in [0.1, 0.15) is 6.04 Å². The predicted molar refractivity (Wildman–Crippen MR) is 48.3 cm³/mol. The Morgan fingerprint density at radius 2 is 2.20 bits per heavy atom. The maximum absolute atomic E-state index is 12.5. The van der Waals surface area contributed by atoms with Crippen LogP contribution in [0, 0.1) is 0 Å². The lowest BCUT2D eigenvalue weighted by Gasteiger charge is -2.31. The summed E-state index contributed by atoms with van der Waals surface area (Å²) in [6.45, 7) is 0.384. The number of rotatable bonds is 1. The number of piperidine rings is 1. The second kappa shape index (κ2) is 3.84. The lowest BCUT2D eigenvalue weighted by atomic mass is 9.99. The molecule has 1 aromatic rings. The Morgan fingerprint density at radius 3 is 2.80 bits per heavy atom. The topological polar surface area (TPSA) is 29.9 Å². The van der Waals surface area contributed by atoms with Crippen molar-refractivity contribution in [1.29, 1.82) is 0 Å². The highest BCUT2D eigenvalue weighted by Crippen LogP contribution is 2.30. The fourth-order valence-corrected chi connectivity index (χ4v) is 1.88. The molecule has 1 saturated heterocycles. The van der Waals surface area contributed by atoms with E-state index in [9.17, 15) is 13.2 Å². The maximum Gasteiger partial charge on any atom is 0.403 e. The van der Waals surface area contributed by atoms with E-state index in [1.165, 1.54) is 0 Å². The van der Waals surface area contributed by atoms with Crippen LogP contribution in [0.3, 0.4) is 0 Å². The number of nitrogens with zero attached hydrogens (tertiary/aromatic N) is 2. The van der Waals surface area contributed by atoms with Gasteiger partial charge in [-0.2, -0.15) is 18.3 Å². The van der Waals surface area contributed by atoms with Crippen molar-refractivity contribution in [1.82, 2.24) is 15.1 Å². The van der Waals surface area contributed by atoms with Crippen molar-refractivity contribution in [3.05, 3.63) is 18.5 Å². The second-order valence-electron chi connectivity index (χ2n) is 3.71. The van der Waals surface area contributed by atoms with E-state index in [0.717, 1.165) is 0 Å². The van der Waals surface area contributed by atoms with Crippen LogP contribution in [0.15, 0.2) is 18.5 Å². The SMILES string of the molecule is FC(F)(F)[C@H]1C[C@@H](n2cccn2)CCN1. The summed E-state index contributed by atoms with van der Waals surface area (Å²) in [5.74, 6) is 0. The van der Waals surface area contributed by atoms with Gasteiger partial charge in [-0.25, -0.2) is 0 Å². The molecule has 0 radical (unpaired) electrons. The van der Waals surface area contributed by atoms with Gasteiger partial charge in [0.05, 0.1) is 6.04 Å². The summed E-state index contributed by atoms with van der Waals surface area (Å²) in [5.41, 5.74) is 0. The van der Waals surface area contributed by atoms with E-state index < -0.39 is 12.2 Å². The molecule has 2 rings (SSSR count). The van der Waals surface area contributed by atoms with Crippen LogP contribution in [-0.4, -0.2) is 28.5 Å². The van der Waals surface area contributed by atoms with E-state index in [1.54, 1.807) is 23.1 Å². The van der Waals surface area contributed by atoms with Gasteiger partial charge in [0.25, 0.3) is 0 Å². The molecule has 0 amide bonds. The summed E-state index contributed by atoms with van der Waals surface area (Å²) in [5, 5.41) is 6.46. The van der Waals surface area contributed by atoms with Gasteiger partial charge in [0.2, 0.25) is 0 Å². The van der Waals surface area contributed by atoms with Gasteiger partial charge in [0, 0.05) is 12.4 Å². The van der Waals surface area contributed by atoms with Crippen LogP contribution >= 0.6 is 0 Å². The molecule has 1 N–H and O–H groups in total. The van der Waals surface area contributed by atoms with Crippen LogP contribution in [0.1, 0.15) is 18.9 Å². The number of halogens is 3. The molecule has 1 aliphatic rings. The van der Waals surface area contributed by atoms with Crippen LogP contribution in [0.5, 0.6) is 0 Å². The largest absolute Gasteiger partial charge is 0.403 e. The summed E-state index contributed by atoms with van der Waals surface area (Å²) in [4.78, 5) is 0. The van der Waals surface area contributed by atoms with Gasteiger partial charge in [-0.15, -0.1) is 0 Å². The van der Waals surface area contributed by atoms with E-state index in [1.807, 2.05) is 0 Å². The molecule has 0 saturated carbocycles. The lowest BCUT2D eigenvalue weighted by Crippen LogP contribution is -2.48. The zero-order valence-electron chi connectivity index (χ0n) is 8.04. The Kier molecular flexibility index (Phi) is 2.68. The summed E-state index contributed by atoms with van der Waals surface area (Å²) in [7, 11) is 0. The Morgan fingerprint density at radius 1 is 1.40 bits per heavy atom. The number of hydrogen-bond donors (Lipinski definition) is 1. The monoisotopic (exact) mass is 219 g/mol. The van der Waals surface area contributed by atoms with Crippen LogP contribution in [0.2, 0.25) is 0 Å². The van der Waals surface area contributed by atoms with Crippen LogP contribution < -0.4 is 5.32 Å². The van der Waals surface area contributed by atoms with E-state index in [2.05, 4.69) is 10.4 Å². The minimum atomic E-state index is -4.16. The summed E-state index contributed by atoms with van der Waals surface area (Å²) < 4.78 is 39.0. The summed E-state index contributed by atoms with van der Waals surface area (Å²) >= 11 is 0. The third kappa shape index (κ3) is 2.31. The first-order valence-electron chi connectivity index (χ1n) is 4.86. The third-order valence-corrected chi connectivity index (χ3v) is 2.67. The van der Waals surface area contributed by atoms with Crippen LogP contribution in [-0.2, 0) is 0 Å². The van der Waals surface area contributed by atoms with Crippen molar-refractivity contribution in [3.8, 4) is 0 Å². The molecular weight excluding hydrogens is 207 g/mol. The molecule has 6 heteroatoms. The van der Waals surface area contributed by atoms with Gasteiger partial charge in [0.15, 0.2) is 0 Å². The Bertz CT molecular complexity index is 307. The van der Waals surface area contributed by atoms with Crippen LogP contribution in [0.25, 0.3) is 0 Å². The van der Waals surface area contributed by atoms with E-state index in [4.69, 9.17) is 0 Å². The second-order valence-corrected chi connectivity index (χ2v) is 3.71. The molecule has 0 spiro atoms. The molecule has 1 aliphatic heterocycles. The maximum atomic E-state index is 12.5. The molecule has 1 aromatic heterocycles. The molecule has 3 nitrogen and oxygen atoms in total. The number of nitrogens with one attached hydrogen (secondary N) is 1.